The van der Waals surface area contributed by atoms with Crippen molar-refractivity contribution in [3.63, 3.8) is 0 Å². The van der Waals surface area contributed by atoms with Crippen molar-refractivity contribution in [2.45, 2.75) is 121 Å². The Morgan fingerprint density at radius 1 is 1.00 bits per heavy atom. The molecule has 0 aromatic carbocycles. The Kier molecular flexibility index (Phi) is 13.6. The van der Waals surface area contributed by atoms with Crippen LogP contribution in [0.25, 0.3) is 0 Å². The lowest BCUT2D eigenvalue weighted by atomic mass is 9.52. The van der Waals surface area contributed by atoms with Crippen LogP contribution < -0.4 is 10.6 Å². The Morgan fingerprint density at radius 3 is 2.58 bits per heavy atom. The van der Waals surface area contributed by atoms with Gasteiger partial charge in [0.2, 0.25) is 17.7 Å². The lowest BCUT2D eigenvalue weighted by Gasteiger charge is -2.52. The summed E-state index contributed by atoms with van der Waals surface area (Å²) in [6.45, 7) is 9.87. The summed E-state index contributed by atoms with van der Waals surface area (Å²) < 4.78 is 36.9. The maximum atomic E-state index is 13.1. The highest BCUT2D eigenvalue weighted by molar-refractivity contribution is 8.00. The molecule has 17 heteroatoms. The fraction of sp³-hybridized carbons (Fsp3) is 0.825. The molecule has 57 heavy (non-hydrogen) atoms. The summed E-state index contributed by atoms with van der Waals surface area (Å²) in [7, 11) is 0. The number of carbonyl (C=O) groups is 5. The molecule has 0 bridgehead atoms. The number of epoxide rings is 1. The Balaban J connectivity index is 0.669. The van der Waals surface area contributed by atoms with Crippen LogP contribution in [0.5, 0.6) is 0 Å². The zero-order valence-corrected chi connectivity index (χ0v) is 34.3. The normalized spacial score (nSPS) is 34.9. The lowest BCUT2D eigenvalue weighted by molar-refractivity contribution is -0.176. The highest BCUT2D eigenvalue weighted by Crippen LogP contribution is 2.70. The molecule has 1 aromatic rings. The summed E-state index contributed by atoms with van der Waals surface area (Å²) in [4.78, 5) is 61.4. The molecule has 3 amide bonds. The van der Waals surface area contributed by atoms with Crippen molar-refractivity contribution >= 4 is 41.4 Å². The van der Waals surface area contributed by atoms with Gasteiger partial charge in [-0.05, 0) is 50.9 Å². The first-order valence-corrected chi connectivity index (χ1v) is 22.0. The number of nitrogens with one attached hydrogen (secondary N) is 2. The number of hydrogen-bond donors (Lipinski definition) is 2. The quantitative estimate of drug-likeness (QED) is 0.0749. The molecule has 4 aliphatic heterocycles. The van der Waals surface area contributed by atoms with Crippen molar-refractivity contribution in [3.8, 4) is 0 Å². The molecule has 6 fully saturated rings. The van der Waals surface area contributed by atoms with Crippen LogP contribution in [-0.2, 0) is 65.4 Å². The number of fused-ring (bicyclic) bond motifs is 3. The molecule has 2 aliphatic carbocycles. The van der Waals surface area contributed by atoms with E-state index in [-0.39, 0.29) is 88.9 Å². The number of amides is 3. The van der Waals surface area contributed by atoms with Crippen LogP contribution in [0, 0.1) is 35.0 Å². The van der Waals surface area contributed by atoms with E-state index >= 15 is 0 Å². The largest absolute Gasteiger partial charge is 0.462 e. The van der Waals surface area contributed by atoms with Gasteiger partial charge in [-0.3, -0.25) is 29.3 Å². The van der Waals surface area contributed by atoms with Gasteiger partial charge in [-0.25, -0.2) is 4.68 Å². The first-order chi connectivity index (χ1) is 27.5. The van der Waals surface area contributed by atoms with E-state index in [1.807, 2.05) is 13.1 Å². The van der Waals surface area contributed by atoms with Gasteiger partial charge in [0.05, 0.1) is 75.7 Å². The number of aryl methyl sites for hydroxylation is 1. The van der Waals surface area contributed by atoms with Crippen molar-refractivity contribution in [1.82, 2.24) is 25.6 Å². The topological polar surface area (TPSA) is 199 Å². The number of unbranched alkanes of at least 4 members (excludes halogenated alkanes) is 1. The average molecular weight is 818 g/mol. The first-order valence-electron chi connectivity index (χ1n) is 20.9. The van der Waals surface area contributed by atoms with E-state index in [4.69, 9.17) is 28.4 Å². The van der Waals surface area contributed by atoms with Gasteiger partial charge in [0, 0.05) is 47.9 Å². The number of imide groups is 1. The number of thioether (sulfide) groups is 1. The number of esters is 2. The van der Waals surface area contributed by atoms with Gasteiger partial charge in [0.15, 0.2) is 0 Å². The zero-order chi connectivity index (χ0) is 40.2. The maximum Gasteiger partial charge on any atom is 0.309 e. The molecular weight excluding hydrogens is 759 g/mol. The zero-order valence-electron chi connectivity index (χ0n) is 33.4. The van der Waals surface area contributed by atoms with Crippen LogP contribution >= 0.6 is 11.8 Å². The van der Waals surface area contributed by atoms with Crippen LogP contribution in [-0.4, -0.2) is 126 Å². The lowest BCUT2D eigenvalue weighted by Crippen LogP contribution is -2.60. The molecule has 316 valence electrons. The summed E-state index contributed by atoms with van der Waals surface area (Å²) in [6, 6.07) is 0. The Morgan fingerprint density at radius 2 is 1.77 bits per heavy atom. The molecule has 0 unspecified atom stereocenters. The molecule has 1 aromatic heterocycles. The van der Waals surface area contributed by atoms with E-state index in [0.717, 1.165) is 37.8 Å². The van der Waals surface area contributed by atoms with Crippen molar-refractivity contribution in [1.29, 1.82) is 0 Å². The van der Waals surface area contributed by atoms with E-state index in [0.29, 0.717) is 90.1 Å². The van der Waals surface area contributed by atoms with Crippen molar-refractivity contribution in [2.24, 2.45) is 35.0 Å². The van der Waals surface area contributed by atoms with Gasteiger partial charge in [-0.1, -0.05) is 32.4 Å². The van der Waals surface area contributed by atoms with Gasteiger partial charge in [-0.2, -0.15) is 11.8 Å². The molecule has 0 radical (unpaired) electrons. The number of aromatic nitrogens is 3. The number of carbonyl (C=O) groups excluding carboxylic acids is 5. The van der Waals surface area contributed by atoms with Gasteiger partial charge >= 0.3 is 11.9 Å². The summed E-state index contributed by atoms with van der Waals surface area (Å²) in [5.41, 5.74) is 0.0522. The van der Waals surface area contributed by atoms with Crippen LogP contribution in [0.15, 0.2) is 6.20 Å². The molecule has 7 rings (SSSR count). The fourth-order valence-corrected chi connectivity index (χ4v) is 11.9. The molecule has 2 saturated carbocycles. The smallest absolute Gasteiger partial charge is 0.309 e. The van der Waals surface area contributed by atoms with Crippen LogP contribution in [0.2, 0.25) is 0 Å². The minimum Gasteiger partial charge on any atom is -0.462 e. The second-order valence-electron chi connectivity index (χ2n) is 16.9. The van der Waals surface area contributed by atoms with Gasteiger partial charge in [0.1, 0.15) is 17.8 Å². The van der Waals surface area contributed by atoms with Crippen LogP contribution in [0.4, 0.5) is 0 Å². The maximum absolute atomic E-state index is 13.1. The van der Waals surface area contributed by atoms with E-state index in [2.05, 4.69) is 34.8 Å². The highest BCUT2D eigenvalue weighted by atomic mass is 32.2. The second-order valence-corrected chi connectivity index (χ2v) is 18.1. The van der Waals surface area contributed by atoms with Gasteiger partial charge in [0.25, 0.3) is 0 Å². The predicted octanol–water partition coefficient (Wildman–Crippen LogP) is 2.40. The number of hydrogen-bond acceptors (Lipinski definition) is 14. The monoisotopic (exact) mass is 817 g/mol. The third-order valence-electron chi connectivity index (χ3n) is 13.3. The summed E-state index contributed by atoms with van der Waals surface area (Å²) >= 11 is 1.70. The van der Waals surface area contributed by atoms with Crippen LogP contribution in [0.1, 0.15) is 84.3 Å². The molecule has 2 N–H and O–H groups in total. The molecule has 16 nitrogen and oxygen atoms in total. The second kappa shape index (κ2) is 18.4. The number of ether oxygens (including phenoxy) is 6. The Labute approximate surface area is 338 Å². The molecule has 11 atom stereocenters. The SMILES string of the molecule is C[C@H]1C(=O)O[C@@H]2C[C@@]3(C)[C@H](OC(=O)CCCc4cn(CCOCCOCCOCCNC(=O)CCCC[C@H]5SC[C@H]6C(=O)NC(=O)[C@@H]56)nn4)CC[C@H](C)[C@@]34O[C@H]4[C@@H]21. The van der Waals surface area contributed by atoms with E-state index in [9.17, 15) is 24.0 Å². The fourth-order valence-electron chi connectivity index (χ4n) is 10.2. The standard InChI is InChI=1S/C40H59N5O11S/c1-24-11-12-30(39(3)21-28-33(25(2)38(50)54-28)35-40(24,39)56-35)55-32(47)10-6-7-26-22-45(44-43-26)14-16-52-18-20-53-19-17-51-15-13-41-31(46)9-5-4-8-29-34-27(23-57-29)36(48)42-37(34)49/h22,24-25,27-30,33-35H,4-21,23H2,1-3H3,(H,41,46)(H,42,48,49)/t24-,25+,27+,28+,29+,30+,33+,34+,35-,39-,40-/m0/s1. The minimum atomic E-state index is -0.393. The molecule has 1 spiro atoms. The summed E-state index contributed by atoms with van der Waals surface area (Å²) in [5.74, 6) is -0.113. The predicted molar refractivity (Wildman–Crippen MR) is 204 cm³/mol. The highest BCUT2D eigenvalue weighted by Gasteiger charge is 2.80. The molecule has 5 heterocycles. The third-order valence-corrected chi connectivity index (χ3v) is 14.8. The van der Waals surface area contributed by atoms with Crippen molar-refractivity contribution in [2.75, 3.05) is 51.9 Å². The van der Waals surface area contributed by atoms with Crippen molar-refractivity contribution < 1.29 is 52.4 Å². The Hall–Kier alpha value is -3.12. The molecular formula is C40H59N5O11S. The van der Waals surface area contributed by atoms with E-state index in [1.165, 1.54) is 0 Å². The Bertz CT molecular complexity index is 1630. The average Bonchev–Trinajstić information content (AvgIpc) is 3.41. The van der Waals surface area contributed by atoms with E-state index < -0.39 is 5.41 Å². The summed E-state index contributed by atoms with van der Waals surface area (Å²) in [6.07, 6.45) is 8.11. The summed E-state index contributed by atoms with van der Waals surface area (Å²) in [5, 5.41) is 13.9. The number of rotatable bonds is 22. The first kappa shape index (κ1) is 42.0. The molecule has 4 saturated heterocycles. The van der Waals surface area contributed by atoms with E-state index in [1.54, 1.807) is 16.4 Å². The van der Waals surface area contributed by atoms with Crippen molar-refractivity contribution in [3.05, 3.63) is 11.9 Å². The van der Waals surface area contributed by atoms with Crippen LogP contribution in [0.3, 0.4) is 0 Å². The van der Waals surface area contributed by atoms with Gasteiger partial charge < -0.3 is 33.7 Å². The number of nitrogens with zero attached hydrogens (tertiary/aromatic N) is 3. The minimum absolute atomic E-state index is 0.0183. The third kappa shape index (κ3) is 9.07. The molecule has 6 aliphatic rings. The van der Waals surface area contributed by atoms with Gasteiger partial charge in [-0.15, -0.1) is 5.10 Å².